The third kappa shape index (κ3) is 3.74. The van der Waals surface area contributed by atoms with E-state index < -0.39 is 0 Å². The number of benzene rings is 2. The predicted molar refractivity (Wildman–Crippen MR) is 100 cm³/mol. The summed E-state index contributed by atoms with van der Waals surface area (Å²) in [5.41, 5.74) is 0.801. The van der Waals surface area contributed by atoms with Gasteiger partial charge in [0, 0.05) is 5.39 Å². The number of amides is 1. The fourth-order valence-electron chi connectivity index (χ4n) is 2.77. The zero-order chi connectivity index (χ0) is 18.7. The minimum Gasteiger partial charge on any atom is -0.491 e. The molecule has 1 aromatic heterocycles. The molecule has 1 atom stereocenters. The molecular weight excluding hydrogens is 330 g/mol. The van der Waals surface area contributed by atoms with E-state index in [2.05, 4.69) is 15.5 Å². The smallest absolute Gasteiger partial charge is 0.272 e. The van der Waals surface area contributed by atoms with Crippen LogP contribution in [0.1, 0.15) is 42.9 Å². The van der Waals surface area contributed by atoms with E-state index in [1.165, 1.54) is 0 Å². The van der Waals surface area contributed by atoms with E-state index in [-0.39, 0.29) is 29.3 Å². The van der Waals surface area contributed by atoms with Gasteiger partial charge in [0.1, 0.15) is 5.75 Å². The summed E-state index contributed by atoms with van der Waals surface area (Å²) in [6.45, 7) is 5.82. The maximum Gasteiger partial charge on any atom is 0.272 e. The molecule has 6 nitrogen and oxygen atoms in total. The van der Waals surface area contributed by atoms with Crippen molar-refractivity contribution in [3.8, 4) is 5.75 Å². The molecule has 134 valence electrons. The van der Waals surface area contributed by atoms with E-state index in [0.29, 0.717) is 10.8 Å². The normalized spacial score (nSPS) is 12.2. The molecule has 0 spiro atoms. The van der Waals surface area contributed by atoms with Crippen LogP contribution in [0.5, 0.6) is 5.75 Å². The van der Waals surface area contributed by atoms with Gasteiger partial charge in [-0.1, -0.05) is 30.3 Å². The Morgan fingerprint density at radius 3 is 2.54 bits per heavy atom. The molecule has 0 saturated heterocycles. The average Bonchev–Trinajstić information content (AvgIpc) is 2.62. The van der Waals surface area contributed by atoms with Crippen LogP contribution >= 0.6 is 0 Å². The molecule has 0 aliphatic heterocycles. The van der Waals surface area contributed by atoms with Crippen LogP contribution in [0.4, 0.5) is 0 Å². The summed E-state index contributed by atoms with van der Waals surface area (Å²) >= 11 is 0. The van der Waals surface area contributed by atoms with Crippen molar-refractivity contribution in [3.63, 3.8) is 0 Å². The number of hydrogen-bond donors (Lipinski definition) is 2. The second kappa shape index (κ2) is 7.39. The topological polar surface area (TPSA) is 84.1 Å². The van der Waals surface area contributed by atoms with Gasteiger partial charge in [0.25, 0.3) is 11.5 Å². The third-order valence-electron chi connectivity index (χ3n) is 3.99. The highest BCUT2D eigenvalue weighted by Crippen LogP contribution is 2.21. The summed E-state index contributed by atoms with van der Waals surface area (Å²) < 4.78 is 5.70. The molecule has 0 fully saturated rings. The molecule has 1 amide bonds. The lowest BCUT2D eigenvalue weighted by Gasteiger charge is -2.16. The maximum atomic E-state index is 12.7. The number of nitrogens with one attached hydrogen (secondary N) is 2. The minimum absolute atomic E-state index is 0.0758. The van der Waals surface area contributed by atoms with Gasteiger partial charge in [-0.25, -0.2) is 5.10 Å². The number of nitrogens with zero attached hydrogens (tertiary/aromatic N) is 1. The number of hydrogen-bond acceptors (Lipinski definition) is 4. The zero-order valence-electron chi connectivity index (χ0n) is 14.9. The quantitative estimate of drug-likeness (QED) is 0.739. The van der Waals surface area contributed by atoms with Gasteiger partial charge in [0.05, 0.1) is 17.5 Å². The van der Waals surface area contributed by atoms with Gasteiger partial charge in [-0.3, -0.25) is 9.59 Å². The highest BCUT2D eigenvalue weighted by molar-refractivity contribution is 6.04. The Kier molecular flexibility index (Phi) is 5.02. The number of H-pyrrole nitrogens is 1. The second-order valence-corrected chi connectivity index (χ2v) is 6.38. The van der Waals surface area contributed by atoms with Crippen LogP contribution in [-0.4, -0.2) is 22.2 Å². The highest BCUT2D eigenvalue weighted by Gasteiger charge is 2.17. The number of ether oxygens (including phenoxy) is 1. The fourth-order valence-corrected chi connectivity index (χ4v) is 2.77. The molecular formula is C20H21N3O3. The van der Waals surface area contributed by atoms with Crippen LogP contribution in [0.2, 0.25) is 0 Å². The first-order valence-corrected chi connectivity index (χ1v) is 8.50. The lowest BCUT2D eigenvalue weighted by molar-refractivity contribution is 0.0935. The molecule has 3 rings (SSSR count). The molecule has 2 aromatic carbocycles. The van der Waals surface area contributed by atoms with Crippen molar-refractivity contribution < 1.29 is 9.53 Å². The van der Waals surface area contributed by atoms with Crippen molar-refractivity contribution in [2.75, 3.05) is 0 Å². The average molecular weight is 351 g/mol. The second-order valence-electron chi connectivity index (χ2n) is 6.38. The summed E-state index contributed by atoms with van der Waals surface area (Å²) in [5.74, 6) is 0.409. The first-order chi connectivity index (χ1) is 12.5. The first-order valence-electron chi connectivity index (χ1n) is 8.50. The van der Waals surface area contributed by atoms with Crippen molar-refractivity contribution >= 4 is 16.7 Å². The van der Waals surface area contributed by atoms with Crippen LogP contribution in [-0.2, 0) is 0 Å². The van der Waals surface area contributed by atoms with E-state index >= 15 is 0 Å². The van der Waals surface area contributed by atoms with Crippen molar-refractivity contribution in [1.29, 1.82) is 0 Å². The summed E-state index contributed by atoms with van der Waals surface area (Å²) in [4.78, 5) is 24.5. The molecule has 1 heterocycles. The van der Waals surface area contributed by atoms with Gasteiger partial charge in [0.2, 0.25) is 0 Å². The minimum atomic E-state index is -0.347. The Morgan fingerprint density at radius 1 is 1.08 bits per heavy atom. The molecule has 2 N–H and O–H groups in total. The molecule has 0 radical (unpaired) electrons. The number of carbonyl (C=O) groups is 1. The van der Waals surface area contributed by atoms with Gasteiger partial charge in [-0.15, -0.1) is 0 Å². The third-order valence-corrected chi connectivity index (χ3v) is 3.99. The van der Waals surface area contributed by atoms with Gasteiger partial charge in [0.15, 0.2) is 5.69 Å². The van der Waals surface area contributed by atoms with E-state index in [0.717, 1.165) is 11.3 Å². The van der Waals surface area contributed by atoms with Gasteiger partial charge < -0.3 is 10.1 Å². The Labute approximate surface area is 151 Å². The van der Waals surface area contributed by atoms with Crippen LogP contribution in [0, 0.1) is 0 Å². The largest absolute Gasteiger partial charge is 0.491 e. The number of aromatic amines is 1. The summed E-state index contributed by atoms with van der Waals surface area (Å²) in [5, 5.41) is 10.2. The van der Waals surface area contributed by atoms with E-state index in [4.69, 9.17) is 4.74 Å². The molecule has 6 heteroatoms. The van der Waals surface area contributed by atoms with E-state index in [9.17, 15) is 9.59 Å². The van der Waals surface area contributed by atoms with Crippen molar-refractivity contribution in [3.05, 3.63) is 70.1 Å². The van der Waals surface area contributed by atoms with Crippen LogP contribution in [0.25, 0.3) is 10.8 Å². The molecule has 1 unspecified atom stereocenters. The highest BCUT2D eigenvalue weighted by atomic mass is 16.5. The van der Waals surface area contributed by atoms with Crippen molar-refractivity contribution in [2.45, 2.75) is 32.9 Å². The molecule has 26 heavy (non-hydrogen) atoms. The summed E-state index contributed by atoms with van der Waals surface area (Å²) in [6.07, 6.45) is 0.0758. The zero-order valence-corrected chi connectivity index (χ0v) is 14.9. The lowest BCUT2D eigenvalue weighted by Crippen LogP contribution is -2.29. The van der Waals surface area contributed by atoms with Gasteiger partial charge in [-0.05, 0) is 44.5 Å². The SMILES string of the molecule is CC(C)Oc1cccc(C(C)NC(=O)c2n[nH]c(=O)c3ccccc23)c1. The first kappa shape index (κ1) is 17.7. The summed E-state index contributed by atoms with van der Waals surface area (Å²) in [7, 11) is 0. The van der Waals surface area contributed by atoms with Gasteiger partial charge >= 0.3 is 0 Å². The fraction of sp³-hybridized carbons (Fsp3) is 0.250. The Bertz CT molecular complexity index is 995. The number of carbonyl (C=O) groups excluding carboxylic acids is 1. The van der Waals surface area contributed by atoms with E-state index in [1.807, 2.05) is 45.0 Å². The van der Waals surface area contributed by atoms with Crippen molar-refractivity contribution in [2.24, 2.45) is 0 Å². The molecule has 0 aliphatic carbocycles. The Morgan fingerprint density at radius 2 is 1.81 bits per heavy atom. The summed E-state index contributed by atoms with van der Waals surface area (Å²) in [6, 6.07) is 14.3. The van der Waals surface area contributed by atoms with Crippen LogP contribution in [0.3, 0.4) is 0 Å². The molecule has 0 saturated carbocycles. The van der Waals surface area contributed by atoms with Crippen LogP contribution in [0.15, 0.2) is 53.3 Å². The molecule has 3 aromatic rings. The standard InChI is InChI=1S/C20H21N3O3/c1-12(2)26-15-8-6-7-14(11-15)13(3)21-20(25)18-16-9-4-5-10-17(16)19(24)23-22-18/h4-13H,1-3H3,(H,21,25)(H,23,24). The Hall–Kier alpha value is -3.15. The van der Waals surface area contributed by atoms with Gasteiger partial charge in [-0.2, -0.15) is 5.10 Å². The Balaban J connectivity index is 1.84. The lowest BCUT2D eigenvalue weighted by atomic mass is 10.1. The predicted octanol–water partition coefficient (Wildman–Crippen LogP) is 3.20. The molecule has 0 aliphatic rings. The van der Waals surface area contributed by atoms with Crippen LogP contribution < -0.4 is 15.6 Å². The number of rotatable bonds is 5. The molecule has 0 bridgehead atoms. The van der Waals surface area contributed by atoms with E-state index in [1.54, 1.807) is 24.3 Å². The monoisotopic (exact) mass is 351 g/mol. The maximum absolute atomic E-state index is 12.7. The number of fused-ring (bicyclic) bond motifs is 1. The van der Waals surface area contributed by atoms with Crippen molar-refractivity contribution in [1.82, 2.24) is 15.5 Å². The number of aromatic nitrogens is 2.